The Labute approximate surface area is 194 Å². The second-order valence-electron chi connectivity index (χ2n) is 7.19. The average molecular weight is 490 g/mol. The van der Waals surface area contributed by atoms with Gasteiger partial charge in [-0.1, -0.05) is 35.9 Å². The fourth-order valence-electron chi connectivity index (χ4n) is 3.40. The number of fused-ring (bicyclic) bond motifs is 1. The largest absolute Gasteiger partial charge is 0.269 e. The molecule has 1 aliphatic heterocycles. The zero-order valence-corrected chi connectivity index (χ0v) is 19.3. The SMILES string of the molecule is O=C(/C=C/c1sc2ccccc2c1Cl)NNC(=O)c1cccc(S(=O)(=O)N2CCCC2)c1. The van der Waals surface area contributed by atoms with Crippen LogP contribution < -0.4 is 10.9 Å². The molecule has 32 heavy (non-hydrogen) atoms. The number of nitrogens with zero attached hydrogens (tertiary/aromatic N) is 1. The lowest BCUT2D eigenvalue weighted by Crippen LogP contribution is -2.40. The van der Waals surface area contributed by atoms with Crippen LogP contribution in [0, 0.1) is 0 Å². The van der Waals surface area contributed by atoms with Crippen molar-refractivity contribution >= 4 is 60.9 Å². The lowest BCUT2D eigenvalue weighted by Gasteiger charge is -2.16. The molecule has 0 unspecified atom stereocenters. The van der Waals surface area contributed by atoms with Gasteiger partial charge in [-0.3, -0.25) is 20.4 Å². The number of amides is 2. The van der Waals surface area contributed by atoms with Crippen LogP contribution in [0.2, 0.25) is 5.02 Å². The summed E-state index contributed by atoms with van der Waals surface area (Å²) in [4.78, 5) is 25.3. The molecule has 0 spiro atoms. The van der Waals surface area contributed by atoms with Gasteiger partial charge in [-0.25, -0.2) is 8.42 Å². The number of nitrogens with one attached hydrogen (secondary N) is 2. The molecule has 0 saturated carbocycles. The number of thiophene rings is 1. The van der Waals surface area contributed by atoms with Gasteiger partial charge in [0, 0.05) is 39.7 Å². The van der Waals surface area contributed by atoms with Crippen molar-refractivity contribution in [2.24, 2.45) is 0 Å². The molecule has 0 atom stereocenters. The molecular formula is C22H20ClN3O4S2. The molecule has 2 aromatic carbocycles. The monoisotopic (exact) mass is 489 g/mol. The van der Waals surface area contributed by atoms with Gasteiger partial charge in [0.25, 0.3) is 11.8 Å². The molecule has 0 radical (unpaired) electrons. The Morgan fingerprint density at radius 3 is 2.53 bits per heavy atom. The van der Waals surface area contributed by atoms with Crippen LogP contribution >= 0.6 is 22.9 Å². The minimum atomic E-state index is -3.64. The van der Waals surface area contributed by atoms with Gasteiger partial charge in [0.15, 0.2) is 0 Å². The van der Waals surface area contributed by atoms with E-state index < -0.39 is 21.8 Å². The molecule has 3 aromatic rings. The molecule has 0 bridgehead atoms. The Hall–Kier alpha value is -2.72. The number of carbonyl (C=O) groups is 2. The van der Waals surface area contributed by atoms with Gasteiger partial charge in [-0.2, -0.15) is 4.31 Å². The summed E-state index contributed by atoms with van der Waals surface area (Å²) < 4.78 is 27.8. The van der Waals surface area contributed by atoms with E-state index in [-0.39, 0.29) is 10.5 Å². The van der Waals surface area contributed by atoms with Crippen LogP contribution in [0.4, 0.5) is 0 Å². The van der Waals surface area contributed by atoms with E-state index in [1.807, 2.05) is 24.3 Å². The van der Waals surface area contributed by atoms with E-state index in [0.717, 1.165) is 27.8 Å². The minimum Gasteiger partial charge on any atom is -0.268 e. The predicted molar refractivity (Wildman–Crippen MR) is 126 cm³/mol. The van der Waals surface area contributed by atoms with Gasteiger partial charge >= 0.3 is 0 Å². The van der Waals surface area contributed by atoms with Gasteiger partial charge in [0.1, 0.15) is 0 Å². The smallest absolute Gasteiger partial charge is 0.268 e. The molecule has 1 fully saturated rings. The zero-order valence-electron chi connectivity index (χ0n) is 16.9. The van der Waals surface area contributed by atoms with E-state index in [1.54, 1.807) is 6.08 Å². The highest BCUT2D eigenvalue weighted by Gasteiger charge is 2.27. The standard InChI is InChI=1S/C22H20ClN3O4S2/c23-21-17-8-1-2-9-18(17)31-19(21)10-11-20(27)24-25-22(28)15-6-5-7-16(14-15)32(29,30)26-12-3-4-13-26/h1-2,5-11,14H,3-4,12-13H2,(H,24,27)(H,25,28)/b11-10+. The van der Waals surface area contributed by atoms with Crippen molar-refractivity contribution in [3.63, 3.8) is 0 Å². The van der Waals surface area contributed by atoms with Crippen molar-refractivity contribution < 1.29 is 18.0 Å². The molecular weight excluding hydrogens is 470 g/mol. The maximum Gasteiger partial charge on any atom is 0.269 e. The van der Waals surface area contributed by atoms with Gasteiger partial charge in [0.05, 0.1) is 9.92 Å². The summed E-state index contributed by atoms with van der Waals surface area (Å²) in [5.74, 6) is -1.17. The maximum absolute atomic E-state index is 12.7. The van der Waals surface area contributed by atoms with Crippen molar-refractivity contribution in [2.45, 2.75) is 17.7 Å². The van der Waals surface area contributed by atoms with E-state index in [9.17, 15) is 18.0 Å². The van der Waals surface area contributed by atoms with E-state index in [0.29, 0.717) is 18.1 Å². The van der Waals surface area contributed by atoms with Gasteiger partial charge in [-0.15, -0.1) is 11.3 Å². The van der Waals surface area contributed by atoms with Crippen LogP contribution in [0.5, 0.6) is 0 Å². The Balaban J connectivity index is 1.39. The van der Waals surface area contributed by atoms with Gasteiger partial charge in [0.2, 0.25) is 10.0 Å². The number of hydrogen-bond donors (Lipinski definition) is 2. The third kappa shape index (κ3) is 4.71. The molecule has 10 heteroatoms. The molecule has 2 amide bonds. The van der Waals surface area contributed by atoms with Crippen LogP contribution in [-0.4, -0.2) is 37.6 Å². The first kappa shape index (κ1) is 22.5. The topological polar surface area (TPSA) is 95.6 Å². The normalized spacial score (nSPS) is 14.8. The maximum atomic E-state index is 12.7. The van der Waals surface area contributed by atoms with Crippen LogP contribution in [0.1, 0.15) is 28.1 Å². The molecule has 0 aliphatic carbocycles. The van der Waals surface area contributed by atoms with Crippen LogP contribution in [0.3, 0.4) is 0 Å². The van der Waals surface area contributed by atoms with Crippen molar-refractivity contribution in [3.8, 4) is 0 Å². The van der Waals surface area contributed by atoms with E-state index in [4.69, 9.17) is 11.6 Å². The Kier molecular flexibility index (Phi) is 6.61. The summed E-state index contributed by atoms with van der Waals surface area (Å²) in [6, 6.07) is 13.4. The highest BCUT2D eigenvalue weighted by atomic mass is 35.5. The summed E-state index contributed by atoms with van der Waals surface area (Å²) in [6.07, 6.45) is 4.50. The van der Waals surface area contributed by atoms with E-state index in [2.05, 4.69) is 10.9 Å². The van der Waals surface area contributed by atoms with Gasteiger partial charge < -0.3 is 0 Å². The first-order valence-electron chi connectivity index (χ1n) is 9.92. The first-order chi connectivity index (χ1) is 15.4. The Morgan fingerprint density at radius 1 is 1.03 bits per heavy atom. The minimum absolute atomic E-state index is 0.0534. The summed E-state index contributed by atoms with van der Waals surface area (Å²) in [7, 11) is -3.64. The highest BCUT2D eigenvalue weighted by molar-refractivity contribution is 7.89. The number of hydrazine groups is 1. The second kappa shape index (κ2) is 9.41. The second-order valence-corrected chi connectivity index (χ2v) is 10.6. The Morgan fingerprint density at radius 2 is 1.78 bits per heavy atom. The molecule has 2 heterocycles. The molecule has 1 aliphatic rings. The molecule has 4 rings (SSSR count). The number of halogens is 1. The fourth-order valence-corrected chi connectivity index (χ4v) is 6.36. The summed E-state index contributed by atoms with van der Waals surface area (Å²) >= 11 is 7.81. The predicted octanol–water partition coefficient (Wildman–Crippen LogP) is 3.81. The average Bonchev–Trinajstić information content (AvgIpc) is 3.45. The van der Waals surface area contributed by atoms with E-state index in [1.165, 1.54) is 46.0 Å². The van der Waals surface area contributed by atoms with Crippen LogP contribution in [0.15, 0.2) is 59.5 Å². The highest BCUT2D eigenvalue weighted by Crippen LogP contribution is 2.35. The van der Waals surface area contributed by atoms with Crippen molar-refractivity contribution in [1.82, 2.24) is 15.2 Å². The third-order valence-electron chi connectivity index (χ3n) is 5.04. The third-order valence-corrected chi connectivity index (χ3v) is 8.59. The number of benzene rings is 2. The van der Waals surface area contributed by atoms with E-state index >= 15 is 0 Å². The molecule has 2 N–H and O–H groups in total. The van der Waals surface area contributed by atoms with Gasteiger partial charge in [-0.05, 0) is 43.2 Å². The van der Waals surface area contributed by atoms with Crippen LogP contribution in [-0.2, 0) is 14.8 Å². The fraction of sp³-hybridized carbons (Fsp3) is 0.182. The summed E-state index contributed by atoms with van der Waals surface area (Å²) in [5.41, 5.74) is 4.72. The summed E-state index contributed by atoms with van der Waals surface area (Å²) in [6.45, 7) is 0.954. The molecule has 1 aromatic heterocycles. The number of carbonyl (C=O) groups excluding carboxylic acids is 2. The Bertz CT molecular complexity index is 1310. The zero-order chi connectivity index (χ0) is 22.7. The molecule has 7 nitrogen and oxygen atoms in total. The number of rotatable bonds is 5. The van der Waals surface area contributed by atoms with Crippen LogP contribution in [0.25, 0.3) is 16.2 Å². The summed E-state index contributed by atoms with van der Waals surface area (Å²) in [5, 5.41) is 1.48. The van der Waals surface area contributed by atoms with Crippen molar-refractivity contribution in [2.75, 3.05) is 13.1 Å². The lowest BCUT2D eigenvalue weighted by molar-refractivity contribution is -0.117. The number of sulfonamides is 1. The van der Waals surface area contributed by atoms with Crippen molar-refractivity contribution in [1.29, 1.82) is 0 Å². The molecule has 1 saturated heterocycles. The number of hydrogen-bond acceptors (Lipinski definition) is 5. The molecule has 166 valence electrons. The van der Waals surface area contributed by atoms with Crippen molar-refractivity contribution in [3.05, 3.63) is 70.1 Å². The quantitative estimate of drug-likeness (QED) is 0.420. The first-order valence-corrected chi connectivity index (χ1v) is 12.6. The lowest BCUT2D eigenvalue weighted by atomic mass is 10.2.